The Kier molecular flexibility index (Phi) is 4.81. The highest BCUT2D eigenvalue weighted by Crippen LogP contribution is 2.25. The summed E-state index contributed by atoms with van der Waals surface area (Å²) >= 11 is 3.50. The van der Waals surface area contributed by atoms with Crippen molar-refractivity contribution < 1.29 is 0 Å². The standard InChI is InChI=1S/C20H16BrN/c21-19-13-7-8-16(14-19)15-22-20(17-9-3-1-4-10-17)18-11-5-2-6-12-18/h1-15,20H. The number of rotatable bonds is 4. The lowest BCUT2D eigenvalue weighted by Crippen LogP contribution is -1.98. The van der Waals surface area contributed by atoms with E-state index >= 15 is 0 Å². The third-order valence-electron chi connectivity index (χ3n) is 3.45. The second-order valence-corrected chi connectivity index (χ2v) is 5.97. The minimum absolute atomic E-state index is 0.0152. The predicted molar refractivity (Wildman–Crippen MR) is 96.5 cm³/mol. The average molecular weight is 350 g/mol. The summed E-state index contributed by atoms with van der Waals surface area (Å²) in [4.78, 5) is 4.83. The molecule has 22 heavy (non-hydrogen) atoms. The molecule has 0 aliphatic heterocycles. The van der Waals surface area contributed by atoms with Crippen LogP contribution in [0.5, 0.6) is 0 Å². The number of hydrogen-bond acceptors (Lipinski definition) is 1. The molecule has 0 aromatic heterocycles. The van der Waals surface area contributed by atoms with Gasteiger partial charge in [-0.1, -0.05) is 88.7 Å². The van der Waals surface area contributed by atoms with Gasteiger partial charge in [-0.2, -0.15) is 0 Å². The van der Waals surface area contributed by atoms with Crippen LogP contribution in [-0.4, -0.2) is 6.21 Å². The molecule has 3 aromatic rings. The third kappa shape index (κ3) is 3.71. The molecule has 108 valence electrons. The van der Waals surface area contributed by atoms with Crippen molar-refractivity contribution in [2.75, 3.05) is 0 Å². The Morgan fingerprint density at radius 1 is 0.727 bits per heavy atom. The van der Waals surface area contributed by atoms with Crippen LogP contribution >= 0.6 is 15.9 Å². The summed E-state index contributed by atoms with van der Waals surface area (Å²) < 4.78 is 1.06. The van der Waals surface area contributed by atoms with Crippen LogP contribution in [0.15, 0.2) is 94.4 Å². The zero-order valence-electron chi connectivity index (χ0n) is 12.1. The Balaban J connectivity index is 1.96. The number of benzene rings is 3. The lowest BCUT2D eigenvalue weighted by molar-refractivity contribution is 0.878. The Morgan fingerprint density at radius 2 is 1.32 bits per heavy atom. The van der Waals surface area contributed by atoms with Gasteiger partial charge in [-0.25, -0.2) is 0 Å². The SMILES string of the molecule is Brc1cccc(C=NC(c2ccccc2)c2ccccc2)c1. The van der Waals surface area contributed by atoms with E-state index in [0.717, 1.165) is 10.0 Å². The molecule has 0 saturated carbocycles. The van der Waals surface area contributed by atoms with Crippen LogP contribution in [0.2, 0.25) is 0 Å². The van der Waals surface area contributed by atoms with Crippen LogP contribution in [0, 0.1) is 0 Å². The molecule has 2 heteroatoms. The van der Waals surface area contributed by atoms with Gasteiger partial charge in [0.15, 0.2) is 0 Å². The first kappa shape index (κ1) is 14.7. The van der Waals surface area contributed by atoms with Crippen molar-refractivity contribution in [3.63, 3.8) is 0 Å². The molecule has 0 aliphatic rings. The van der Waals surface area contributed by atoms with E-state index in [1.54, 1.807) is 0 Å². The number of aliphatic imine (C=N–C) groups is 1. The molecule has 0 aliphatic carbocycles. The summed E-state index contributed by atoms with van der Waals surface area (Å²) in [5.74, 6) is 0. The molecule has 0 fully saturated rings. The Labute approximate surface area is 139 Å². The maximum Gasteiger partial charge on any atom is 0.0999 e. The van der Waals surface area contributed by atoms with Gasteiger partial charge in [-0.3, -0.25) is 4.99 Å². The maximum atomic E-state index is 4.83. The monoisotopic (exact) mass is 349 g/mol. The molecule has 0 bridgehead atoms. The minimum Gasteiger partial charge on any atom is -0.280 e. The Hall–Kier alpha value is -2.19. The van der Waals surface area contributed by atoms with Crippen molar-refractivity contribution >= 4 is 22.1 Å². The smallest absolute Gasteiger partial charge is 0.0999 e. The van der Waals surface area contributed by atoms with E-state index < -0.39 is 0 Å². The van der Waals surface area contributed by atoms with Crippen LogP contribution in [-0.2, 0) is 0 Å². The summed E-state index contributed by atoms with van der Waals surface area (Å²) in [7, 11) is 0. The molecule has 3 aromatic carbocycles. The zero-order valence-corrected chi connectivity index (χ0v) is 13.6. The van der Waals surface area contributed by atoms with Crippen molar-refractivity contribution in [1.29, 1.82) is 0 Å². The molecule has 0 amide bonds. The molecule has 0 saturated heterocycles. The van der Waals surface area contributed by atoms with Crippen LogP contribution < -0.4 is 0 Å². The van der Waals surface area contributed by atoms with E-state index in [0.29, 0.717) is 0 Å². The molecule has 0 spiro atoms. The molecular weight excluding hydrogens is 334 g/mol. The van der Waals surface area contributed by atoms with Gasteiger partial charge in [0.1, 0.15) is 0 Å². The van der Waals surface area contributed by atoms with Crippen LogP contribution in [0.1, 0.15) is 22.7 Å². The highest BCUT2D eigenvalue weighted by Gasteiger charge is 2.11. The van der Waals surface area contributed by atoms with Crippen LogP contribution in [0.25, 0.3) is 0 Å². The number of hydrogen-bond donors (Lipinski definition) is 0. The lowest BCUT2D eigenvalue weighted by atomic mass is 9.99. The van der Waals surface area contributed by atoms with Crippen molar-refractivity contribution in [2.45, 2.75) is 6.04 Å². The molecular formula is C20H16BrN. The van der Waals surface area contributed by atoms with Gasteiger partial charge in [0.25, 0.3) is 0 Å². The predicted octanol–water partition coefficient (Wildman–Crippen LogP) is 5.66. The van der Waals surface area contributed by atoms with Gasteiger partial charge < -0.3 is 0 Å². The molecule has 0 atom stereocenters. The topological polar surface area (TPSA) is 12.4 Å². The molecule has 0 unspecified atom stereocenters. The summed E-state index contributed by atoms with van der Waals surface area (Å²) in [5, 5.41) is 0. The van der Waals surface area contributed by atoms with Gasteiger partial charge in [0.2, 0.25) is 0 Å². The number of nitrogens with zero attached hydrogens (tertiary/aromatic N) is 1. The van der Waals surface area contributed by atoms with Gasteiger partial charge in [0, 0.05) is 10.7 Å². The summed E-state index contributed by atoms with van der Waals surface area (Å²) in [6.45, 7) is 0. The van der Waals surface area contributed by atoms with Crippen molar-refractivity contribution in [1.82, 2.24) is 0 Å². The van der Waals surface area contributed by atoms with Crippen LogP contribution in [0.3, 0.4) is 0 Å². The van der Waals surface area contributed by atoms with E-state index in [9.17, 15) is 0 Å². The lowest BCUT2D eigenvalue weighted by Gasteiger charge is -2.13. The summed E-state index contributed by atoms with van der Waals surface area (Å²) in [6, 6.07) is 28.9. The second kappa shape index (κ2) is 7.19. The first-order valence-corrected chi connectivity index (χ1v) is 8.01. The summed E-state index contributed by atoms with van der Waals surface area (Å²) in [5.41, 5.74) is 3.48. The molecule has 1 nitrogen and oxygen atoms in total. The highest BCUT2D eigenvalue weighted by atomic mass is 79.9. The molecule has 0 radical (unpaired) electrons. The fraction of sp³-hybridized carbons (Fsp3) is 0.0500. The van der Waals surface area contributed by atoms with Crippen LogP contribution in [0.4, 0.5) is 0 Å². The third-order valence-corrected chi connectivity index (χ3v) is 3.95. The van der Waals surface area contributed by atoms with Gasteiger partial charge in [-0.15, -0.1) is 0 Å². The normalized spacial score (nSPS) is 11.2. The molecule has 3 rings (SSSR count). The first-order chi connectivity index (χ1) is 10.8. The fourth-order valence-electron chi connectivity index (χ4n) is 2.38. The minimum atomic E-state index is 0.0152. The van der Waals surface area contributed by atoms with Crippen molar-refractivity contribution in [3.8, 4) is 0 Å². The largest absolute Gasteiger partial charge is 0.280 e. The van der Waals surface area contributed by atoms with Gasteiger partial charge in [0.05, 0.1) is 6.04 Å². The van der Waals surface area contributed by atoms with Crippen molar-refractivity contribution in [2.24, 2.45) is 4.99 Å². The van der Waals surface area contributed by atoms with Crippen molar-refractivity contribution in [3.05, 3.63) is 106 Å². The van der Waals surface area contributed by atoms with Gasteiger partial charge in [-0.05, 0) is 28.8 Å². The quantitative estimate of drug-likeness (QED) is 0.539. The zero-order chi connectivity index (χ0) is 15.2. The fourth-order valence-corrected chi connectivity index (χ4v) is 2.80. The van der Waals surface area contributed by atoms with E-state index in [2.05, 4.69) is 76.6 Å². The molecule has 0 heterocycles. The van der Waals surface area contributed by atoms with E-state index in [1.807, 2.05) is 30.5 Å². The average Bonchev–Trinajstić information content (AvgIpc) is 2.57. The molecule has 0 N–H and O–H groups in total. The number of halogens is 1. The highest BCUT2D eigenvalue weighted by molar-refractivity contribution is 9.10. The maximum absolute atomic E-state index is 4.83. The van der Waals surface area contributed by atoms with E-state index in [1.165, 1.54) is 11.1 Å². The van der Waals surface area contributed by atoms with Gasteiger partial charge >= 0.3 is 0 Å². The van der Waals surface area contributed by atoms with E-state index in [4.69, 9.17) is 4.99 Å². The Morgan fingerprint density at radius 3 is 1.86 bits per heavy atom. The Bertz CT molecular complexity index is 711. The first-order valence-electron chi connectivity index (χ1n) is 7.21. The second-order valence-electron chi connectivity index (χ2n) is 5.06. The van der Waals surface area contributed by atoms with E-state index in [-0.39, 0.29) is 6.04 Å². The summed E-state index contributed by atoms with van der Waals surface area (Å²) in [6.07, 6.45) is 1.94.